The summed E-state index contributed by atoms with van der Waals surface area (Å²) in [5.74, 6) is 0. The van der Waals surface area contributed by atoms with Gasteiger partial charge in [-0.05, 0) is 48.7 Å². The molecule has 0 fully saturated rings. The minimum atomic E-state index is -3.50. The van der Waals surface area contributed by atoms with Crippen molar-refractivity contribution in [3.05, 3.63) is 54.1 Å². The molecule has 4 nitrogen and oxygen atoms in total. The van der Waals surface area contributed by atoms with Crippen molar-refractivity contribution >= 4 is 21.4 Å². The number of fused-ring (bicyclic) bond motifs is 1. The Kier molecular flexibility index (Phi) is 3.14. The van der Waals surface area contributed by atoms with E-state index in [1.807, 2.05) is 12.1 Å². The molecule has 3 rings (SSSR count). The van der Waals surface area contributed by atoms with Crippen LogP contribution in [0.4, 0.5) is 11.4 Å². The molecule has 0 aromatic heterocycles. The molecule has 1 aliphatic rings. The van der Waals surface area contributed by atoms with E-state index < -0.39 is 10.0 Å². The van der Waals surface area contributed by atoms with Crippen LogP contribution in [0.3, 0.4) is 0 Å². The summed E-state index contributed by atoms with van der Waals surface area (Å²) in [6.45, 7) is 0.508. The highest BCUT2D eigenvalue weighted by atomic mass is 32.2. The van der Waals surface area contributed by atoms with Gasteiger partial charge in [-0.1, -0.05) is 18.2 Å². The third-order valence-electron chi connectivity index (χ3n) is 3.51. The van der Waals surface area contributed by atoms with Crippen molar-refractivity contribution in [3.8, 4) is 0 Å². The Morgan fingerprint density at radius 2 is 1.80 bits per heavy atom. The molecule has 2 N–H and O–H groups in total. The van der Waals surface area contributed by atoms with Gasteiger partial charge < -0.3 is 5.73 Å². The molecule has 1 aliphatic heterocycles. The fourth-order valence-electron chi connectivity index (χ4n) is 2.55. The van der Waals surface area contributed by atoms with E-state index in [0.717, 1.165) is 24.1 Å². The number of rotatable bonds is 2. The normalized spacial score (nSPS) is 14.9. The summed E-state index contributed by atoms with van der Waals surface area (Å²) >= 11 is 0. The molecule has 0 spiro atoms. The van der Waals surface area contributed by atoms with E-state index in [2.05, 4.69) is 0 Å². The number of benzene rings is 2. The van der Waals surface area contributed by atoms with E-state index in [0.29, 0.717) is 17.1 Å². The molecule has 0 aliphatic carbocycles. The molecule has 104 valence electrons. The van der Waals surface area contributed by atoms with Crippen molar-refractivity contribution < 1.29 is 8.42 Å². The van der Waals surface area contributed by atoms with Crippen molar-refractivity contribution in [1.82, 2.24) is 0 Å². The quantitative estimate of drug-likeness (QED) is 0.863. The fourth-order valence-corrected chi connectivity index (χ4v) is 4.11. The van der Waals surface area contributed by atoms with Gasteiger partial charge in [-0.2, -0.15) is 0 Å². The lowest BCUT2D eigenvalue weighted by atomic mass is 10.0. The van der Waals surface area contributed by atoms with Crippen molar-refractivity contribution in [1.29, 1.82) is 0 Å². The number of hydrogen-bond donors (Lipinski definition) is 1. The number of nitrogens with two attached hydrogens (primary N) is 1. The summed E-state index contributed by atoms with van der Waals surface area (Å²) in [6, 6.07) is 13.9. The lowest BCUT2D eigenvalue weighted by Crippen LogP contribution is -2.35. The van der Waals surface area contributed by atoms with E-state index >= 15 is 0 Å². The highest BCUT2D eigenvalue weighted by Gasteiger charge is 2.28. The Labute approximate surface area is 118 Å². The third kappa shape index (κ3) is 2.14. The zero-order valence-corrected chi connectivity index (χ0v) is 11.8. The molecule has 2 aromatic carbocycles. The monoisotopic (exact) mass is 288 g/mol. The number of nitrogen functional groups attached to an aromatic ring is 1. The summed E-state index contributed by atoms with van der Waals surface area (Å²) in [5, 5.41) is 0. The maximum atomic E-state index is 12.7. The average Bonchev–Trinajstić information content (AvgIpc) is 2.47. The lowest BCUT2D eigenvalue weighted by molar-refractivity contribution is 0.586. The van der Waals surface area contributed by atoms with Gasteiger partial charge >= 0.3 is 0 Å². The van der Waals surface area contributed by atoms with Crippen LogP contribution in [-0.2, 0) is 16.4 Å². The first-order valence-electron chi connectivity index (χ1n) is 6.55. The van der Waals surface area contributed by atoms with Gasteiger partial charge in [0, 0.05) is 12.2 Å². The molecule has 1 heterocycles. The van der Waals surface area contributed by atoms with Crippen LogP contribution < -0.4 is 10.0 Å². The maximum absolute atomic E-state index is 12.7. The van der Waals surface area contributed by atoms with Gasteiger partial charge in [0.2, 0.25) is 0 Å². The predicted octanol–water partition coefficient (Wildman–Crippen LogP) is 2.41. The summed E-state index contributed by atoms with van der Waals surface area (Å²) in [4.78, 5) is 0.324. The van der Waals surface area contributed by atoms with Gasteiger partial charge in [-0.25, -0.2) is 8.42 Å². The Morgan fingerprint density at radius 1 is 1.05 bits per heavy atom. The van der Waals surface area contributed by atoms with Crippen LogP contribution in [0, 0.1) is 0 Å². The third-order valence-corrected chi connectivity index (χ3v) is 5.34. The predicted molar refractivity (Wildman–Crippen MR) is 80.1 cm³/mol. The summed E-state index contributed by atoms with van der Waals surface area (Å²) in [7, 11) is -3.50. The Hall–Kier alpha value is -2.01. The first-order chi connectivity index (χ1) is 9.59. The zero-order valence-electron chi connectivity index (χ0n) is 11.0. The smallest absolute Gasteiger partial charge is 0.264 e. The van der Waals surface area contributed by atoms with Gasteiger partial charge in [0.15, 0.2) is 0 Å². The first-order valence-corrected chi connectivity index (χ1v) is 7.99. The van der Waals surface area contributed by atoms with E-state index in [9.17, 15) is 8.42 Å². The molecule has 0 atom stereocenters. The molecule has 0 radical (unpaired) electrons. The fraction of sp³-hybridized carbons (Fsp3) is 0.200. The van der Waals surface area contributed by atoms with Crippen molar-refractivity contribution in [2.24, 2.45) is 0 Å². The van der Waals surface area contributed by atoms with Crippen LogP contribution in [0.1, 0.15) is 12.0 Å². The van der Waals surface area contributed by atoms with E-state index in [1.54, 1.807) is 36.4 Å². The number of sulfonamides is 1. The summed E-state index contributed by atoms with van der Waals surface area (Å²) < 4.78 is 26.9. The minimum absolute atomic E-state index is 0.324. The molecular formula is C15H16N2O2S. The molecule has 5 heteroatoms. The van der Waals surface area contributed by atoms with Crippen LogP contribution >= 0.6 is 0 Å². The summed E-state index contributed by atoms with van der Waals surface area (Å²) in [5.41, 5.74) is 8.19. The largest absolute Gasteiger partial charge is 0.399 e. The molecule has 2 aromatic rings. The number of nitrogens with zero attached hydrogens (tertiary/aromatic N) is 1. The summed E-state index contributed by atoms with van der Waals surface area (Å²) in [6.07, 6.45) is 1.67. The standard InChI is InChI=1S/C15H16N2O2S/c16-13-8-9-15-12(11-13)5-4-10-17(15)20(18,19)14-6-2-1-3-7-14/h1-3,6-9,11H,4-5,10,16H2. The first kappa shape index (κ1) is 13.0. The molecular weight excluding hydrogens is 272 g/mol. The highest BCUT2D eigenvalue weighted by Crippen LogP contribution is 2.32. The molecule has 0 saturated carbocycles. The van der Waals surface area contributed by atoms with Crippen molar-refractivity contribution in [3.63, 3.8) is 0 Å². The Bertz CT molecular complexity index is 727. The Balaban J connectivity index is 2.09. The van der Waals surface area contributed by atoms with Gasteiger partial charge in [-0.3, -0.25) is 4.31 Å². The molecule has 0 amide bonds. The van der Waals surface area contributed by atoms with Crippen LogP contribution in [0.25, 0.3) is 0 Å². The number of hydrogen-bond acceptors (Lipinski definition) is 3. The Morgan fingerprint density at radius 3 is 2.55 bits per heavy atom. The van der Waals surface area contributed by atoms with Gasteiger partial charge in [-0.15, -0.1) is 0 Å². The van der Waals surface area contributed by atoms with Crippen LogP contribution in [0.15, 0.2) is 53.4 Å². The lowest BCUT2D eigenvalue weighted by Gasteiger charge is -2.30. The maximum Gasteiger partial charge on any atom is 0.264 e. The minimum Gasteiger partial charge on any atom is -0.399 e. The van der Waals surface area contributed by atoms with Crippen LogP contribution in [-0.4, -0.2) is 15.0 Å². The number of aryl methyl sites for hydroxylation is 1. The van der Waals surface area contributed by atoms with E-state index in [4.69, 9.17) is 5.73 Å². The molecule has 20 heavy (non-hydrogen) atoms. The SMILES string of the molecule is Nc1ccc2c(c1)CCCN2S(=O)(=O)c1ccccc1. The molecule has 0 bridgehead atoms. The number of anilines is 2. The van der Waals surface area contributed by atoms with E-state index in [1.165, 1.54) is 4.31 Å². The highest BCUT2D eigenvalue weighted by molar-refractivity contribution is 7.92. The van der Waals surface area contributed by atoms with Gasteiger partial charge in [0.05, 0.1) is 10.6 Å². The molecule has 0 unspecified atom stereocenters. The average molecular weight is 288 g/mol. The second-order valence-corrected chi connectivity index (χ2v) is 6.74. The van der Waals surface area contributed by atoms with Crippen LogP contribution in [0.5, 0.6) is 0 Å². The van der Waals surface area contributed by atoms with Gasteiger partial charge in [0.1, 0.15) is 0 Å². The van der Waals surface area contributed by atoms with Crippen LogP contribution in [0.2, 0.25) is 0 Å². The van der Waals surface area contributed by atoms with E-state index in [-0.39, 0.29) is 0 Å². The zero-order chi connectivity index (χ0) is 14.2. The second kappa shape index (κ2) is 4.83. The van der Waals surface area contributed by atoms with Gasteiger partial charge in [0.25, 0.3) is 10.0 Å². The van der Waals surface area contributed by atoms with Crippen molar-refractivity contribution in [2.75, 3.05) is 16.6 Å². The van der Waals surface area contributed by atoms with Crippen molar-refractivity contribution in [2.45, 2.75) is 17.7 Å². The molecule has 0 saturated heterocycles. The second-order valence-electron chi connectivity index (χ2n) is 4.88. The topological polar surface area (TPSA) is 63.4 Å².